The Kier molecular flexibility index (Phi) is 18.0. The minimum Gasteiger partial charge on any atom is -0.114 e. The molecule has 0 N–H and O–H groups in total. The maximum absolute atomic E-state index is 2.35. The van der Waals surface area contributed by atoms with Crippen molar-refractivity contribution in [3.05, 3.63) is 0 Å². The van der Waals surface area contributed by atoms with E-state index < -0.39 is 0 Å². The summed E-state index contributed by atoms with van der Waals surface area (Å²) >= 11 is 0. The van der Waals surface area contributed by atoms with Crippen LogP contribution in [-0.4, -0.2) is 0 Å². The first-order valence-corrected chi connectivity index (χ1v) is 9.06. The molecule has 0 spiro atoms. The Morgan fingerprint density at radius 3 is 1.10 bits per heavy atom. The van der Waals surface area contributed by atoms with Crippen molar-refractivity contribution in [2.75, 3.05) is 0 Å². The van der Waals surface area contributed by atoms with Crippen molar-refractivity contribution in [3.63, 3.8) is 0 Å². The van der Waals surface area contributed by atoms with Gasteiger partial charge in [0.05, 0.1) is 0 Å². The molecule has 0 heterocycles. The Morgan fingerprint density at radius 1 is 0.500 bits per heavy atom. The second-order valence-electron chi connectivity index (χ2n) is 7.55. The third-order valence-electron chi connectivity index (χ3n) is 4.03. The summed E-state index contributed by atoms with van der Waals surface area (Å²) in [5.41, 5.74) is 0.539. The molecule has 0 aliphatic carbocycles. The maximum atomic E-state index is 2.35. The van der Waals surface area contributed by atoms with E-state index in [-0.39, 0.29) is 17.0 Å². The van der Waals surface area contributed by atoms with Crippen molar-refractivity contribution in [2.24, 2.45) is 5.41 Å². The Morgan fingerprint density at radius 2 is 0.800 bits per heavy atom. The van der Waals surface area contributed by atoms with Crippen molar-refractivity contribution >= 4 is 17.0 Å². The molecule has 0 saturated heterocycles. The van der Waals surface area contributed by atoms with Gasteiger partial charge in [-0.2, -0.15) is 0 Å². The summed E-state index contributed by atoms with van der Waals surface area (Å²) in [6.45, 7) is 9.36. The molecule has 0 rings (SSSR count). The van der Waals surface area contributed by atoms with Crippen LogP contribution >= 0.6 is 17.0 Å². The number of unbranched alkanes of at least 4 members (excludes halogenated alkanes) is 12. The highest BCUT2D eigenvalue weighted by Crippen LogP contribution is 2.22. The highest BCUT2D eigenvalue weighted by atomic mass is 79.9. The molecule has 0 aromatic carbocycles. The van der Waals surface area contributed by atoms with Gasteiger partial charge >= 0.3 is 0 Å². The van der Waals surface area contributed by atoms with Gasteiger partial charge in [-0.3, -0.25) is 0 Å². The van der Waals surface area contributed by atoms with E-state index in [0.717, 1.165) is 0 Å². The highest BCUT2D eigenvalue weighted by molar-refractivity contribution is 8.93. The van der Waals surface area contributed by atoms with Gasteiger partial charge in [-0.1, -0.05) is 111 Å². The summed E-state index contributed by atoms with van der Waals surface area (Å²) < 4.78 is 0. The molecule has 0 nitrogen and oxygen atoms in total. The molecule has 124 valence electrons. The van der Waals surface area contributed by atoms with Crippen molar-refractivity contribution in [3.8, 4) is 0 Å². The first kappa shape index (κ1) is 22.8. The summed E-state index contributed by atoms with van der Waals surface area (Å²) in [6, 6.07) is 0. The smallest absolute Gasteiger partial charge is 0.0383 e. The van der Waals surface area contributed by atoms with Gasteiger partial charge in [0, 0.05) is 0 Å². The van der Waals surface area contributed by atoms with Crippen molar-refractivity contribution in [2.45, 2.75) is 118 Å². The lowest BCUT2D eigenvalue weighted by Crippen LogP contribution is -2.03. The summed E-state index contributed by atoms with van der Waals surface area (Å²) in [5, 5.41) is 0. The summed E-state index contributed by atoms with van der Waals surface area (Å²) in [7, 11) is 0. The lowest BCUT2D eigenvalue weighted by atomic mass is 9.89. The van der Waals surface area contributed by atoms with Gasteiger partial charge in [0.25, 0.3) is 0 Å². The van der Waals surface area contributed by atoms with Crippen LogP contribution in [0.3, 0.4) is 0 Å². The fourth-order valence-corrected chi connectivity index (χ4v) is 2.67. The molecular weight excluding hydrogens is 308 g/mol. The molecule has 0 saturated carbocycles. The van der Waals surface area contributed by atoms with Gasteiger partial charge in [-0.25, -0.2) is 0 Å². The minimum atomic E-state index is 0. The van der Waals surface area contributed by atoms with Crippen LogP contribution in [0.2, 0.25) is 0 Å². The molecule has 0 amide bonds. The van der Waals surface area contributed by atoms with E-state index in [1.54, 1.807) is 0 Å². The van der Waals surface area contributed by atoms with E-state index in [2.05, 4.69) is 27.7 Å². The zero-order chi connectivity index (χ0) is 14.4. The van der Waals surface area contributed by atoms with E-state index in [0.29, 0.717) is 5.41 Å². The Balaban J connectivity index is 0. The SMILES string of the molecule is Br.CCCCCCCCCCCCCCCC(C)(C)C. The average Bonchev–Trinajstić information content (AvgIpc) is 2.34. The molecule has 0 aliphatic rings. The largest absolute Gasteiger partial charge is 0.114 e. The Labute approximate surface area is 140 Å². The number of rotatable bonds is 13. The van der Waals surface area contributed by atoms with E-state index in [1.165, 1.54) is 89.9 Å². The zero-order valence-electron chi connectivity index (χ0n) is 14.8. The lowest BCUT2D eigenvalue weighted by Gasteiger charge is -2.17. The molecular formula is C19H41Br. The normalized spacial score (nSPS) is 11.4. The van der Waals surface area contributed by atoms with Crippen molar-refractivity contribution in [1.29, 1.82) is 0 Å². The molecule has 0 aliphatic heterocycles. The first-order chi connectivity index (χ1) is 9.06. The predicted molar refractivity (Wildman–Crippen MR) is 100 cm³/mol. The van der Waals surface area contributed by atoms with Crippen LogP contribution in [0.15, 0.2) is 0 Å². The highest BCUT2D eigenvalue weighted by Gasteiger charge is 2.08. The summed E-state index contributed by atoms with van der Waals surface area (Å²) in [4.78, 5) is 0. The monoisotopic (exact) mass is 348 g/mol. The van der Waals surface area contributed by atoms with E-state index in [1.807, 2.05) is 0 Å². The van der Waals surface area contributed by atoms with Crippen LogP contribution in [-0.2, 0) is 0 Å². The zero-order valence-corrected chi connectivity index (χ0v) is 16.5. The Hall–Kier alpha value is 0.480. The maximum Gasteiger partial charge on any atom is -0.0383 e. The van der Waals surface area contributed by atoms with E-state index in [4.69, 9.17) is 0 Å². The fraction of sp³-hybridized carbons (Fsp3) is 1.00. The molecule has 0 aromatic heterocycles. The van der Waals surface area contributed by atoms with Gasteiger partial charge in [0.1, 0.15) is 0 Å². The fourth-order valence-electron chi connectivity index (χ4n) is 2.67. The average molecular weight is 349 g/mol. The quantitative estimate of drug-likeness (QED) is 0.295. The number of halogens is 1. The van der Waals surface area contributed by atoms with Gasteiger partial charge in [-0.15, -0.1) is 17.0 Å². The minimum absolute atomic E-state index is 0. The number of hydrogen-bond acceptors (Lipinski definition) is 0. The van der Waals surface area contributed by atoms with E-state index in [9.17, 15) is 0 Å². The van der Waals surface area contributed by atoms with Crippen LogP contribution in [0.25, 0.3) is 0 Å². The summed E-state index contributed by atoms with van der Waals surface area (Å²) in [5.74, 6) is 0. The molecule has 0 fully saturated rings. The molecule has 0 atom stereocenters. The van der Waals surface area contributed by atoms with Gasteiger partial charge in [0.15, 0.2) is 0 Å². The number of hydrogen-bond donors (Lipinski definition) is 0. The summed E-state index contributed by atoms with van der Waals surface area (Å²) in [6.07, 6.45) is 20.4. The van der Waals surface area contributed by atoms with Crippen LogP contribution in [0.5, 0.6) is 0 Å². The third kappa shape index (κ3) is 20.8. The van der Waals surface area contributed by atoms with Crippen LogP contribution in [0.1, 0.15) is 118 Å². The standard InChI is InChI=1S/C19H40.BrH/c1-5-6-7-8-9-10-11-12-13-14-15-16-17-18-19(2,3)4;/h5-18H2,1-4H3;1H. The molecule has 20 heavy (non-hydrogen) atoms. The molecule has 0 radical (unpaired) electrons. The van der Waals surface area contributed by atoms with Gasteiger partial charge in [0.2, 0.25) is 0 Å². The Bertz CT molecular complexity index is 169. The van der Waals surface area contributed by atoms with Crippen LogP contribution in [0, 0.1) is 5.41 Å². The van der Waals surface area contributed by atoms with Crippen molar-refractivity contribution < 1.29 is 0 Å². The molecule has 0 aromatic rings. The van der Waals surface area contributed by atoms with E-state index >= 15 is 0 Å². The molecule has 0 unspecified atom stereocenters. The third-order valence-corrected chi connectivity index (χ3v) is 4.03. The predicted octanol–water partition coefficient (Wildman–Crippen LogP) is 8.09. The lowest BCUT2D eigenvalue weighted by molar-refractivity contribution is 0.356. The van der Waals surface area contributed by atoms with Crippen LogP contribution < -0.4 is 0 Å². The molecule has 0 bridgehead atoms. The second kappa shape index (κ2) is 15.9. The van der Waals surface area contributed by atoms with Gasteiger partial charge < -0.3 is 0 Å². The van der Waals surface area contributed by atoms with Crippen molar-refractivity contribution in [1.82, 2.24) is 0 Å². The second-order valence-corrected chi connectivity index (χ2v) is 7.55. The van der Waals surface area contributed by atoms with Crippen LogP contribution in [0.4, 0.5) is 0 Å². The first-order valence-electron chi connectivity index (χ1n) is 9.06. The topological polar surface area (TPSA) is 0 Å². The van der Waals surface area contributed by atoms with Gasteiger partial charge in [-0.05, 0) is 11.8 Å². The molecule has 1 heteroatoms.